The molecule has 1 aliphatic heterocycles. The summed E-state index contributed by atoms with van der Waals surface area (Å²) in [7, 11) is 1.71. The molecule has 0 aliphatic carbocycles. The van der Waals surface area contributed by atoms with Gasteiger partial charge in [0.15, 0.2) is 0 Å². The van der Waals surface area contributed by atoms with Crippen LogP contribution < -0.4 is 10.1 Å². The molecule has 18 heavy (non-hydrogen) atoms. The van der Waals surface area contributed by atoms with Crippen LogP contribution in [0.4, 0.5) is 0 Å². The number of benzene rings is 1. The maximum atomic E-state index is 5.24. The van der Waals surface area contributed by atoms with Crippen molar-refractivity contribution in [1.29, 1.82) is 0 Å². The first-order valence-corrected chi connectivity index (χ1v) is 6.79. The van der Waals surface area contributed by atoms with Gasteiger partial charge in [-0.2, -0.15) is 0 Å². The van der Waals surface area contributed by atoms with E-state index in [1.807, 2.05) is 12.1 Å². The largest absolute Gasteiger partial charge is 0.497 e. The van der Waals surface area contributed by atoms with E-state index in [0.717, 1.165) is 12.3 Å². The molecule has 1 aliphatic rings. The fourth-order valence-electron chi connectivity index (χ4n) is 2.47. The van der Waals surface area contributed by atoms with Crippen LogP contribution in [0.5, 0.6) is 5.75 Å². The fraction of sp³-hybridized carbons (Fsp3) is 0.600. The smallest absolute Gasteiger partial charge is 0.119 e. The van der Waals surface area contributed by atoms with Gasteiger partial charge in [0, 0.05) is 25.2 Å². The number of hydrogen-bond acceptors (Lipinski definition) is 3. The minimum Gasteiger partial charge on any atom is -0.497 e. The van der Waals surface area contributed by atoms with Crippen LogP contribution in [0.1, 0.15) is 25.8 Å². The summed E-state index contributed by atoms with van der Waals surface area (Å²) in [6, 6.07) is 9.56. The monoisotopic (exact) mass is 248 g/mol. The SMILES string of the molecule is COc1cccc(CNC2CCN(C(C)C)C2)c1. The van der Waals surface area contributed by atoms with Gasteiger partial charge in [0.1, 0.15) is 5.75 Å². The van der Waals surface area contributed by atoms with Crippen molar-refractivity contribution in [2.45, 2.75) is 38.9 Å². The Morgan fingerprint density at radius 2 is 2.28 bits per heavy atom. The summed E-state index contributed by atoms with van der Waals surface area (Å²) in [5.41, 5.74) is 1.29. The first kappa shape index (κ1) is 13.4. The Hall–Kier alpha value is -1.06. The standard InChI is InChI=1S/C15H24N2O/c1-12(2)17-8-7-14(11-17)16-10-13-5-4-6-15(9-13)18-3/h4-6,9,12,14,16H,7-8,10-11H2,1-3H3. The Morgan fingerprint density at radius 1 is 1.44 bits per heavy atom. The molecule has 3 heteroatoms. The molecule has 1 saturated heterocycles. The predicted molar refractivity (Wildman–Crippen MR) is 74.9 cm³/mol. The Morgan fingerprint density at radius 3 is 2.94 bits per heavy atom. The summed E-state index contributed by atoms with van der Waals surface area (Å²) < 4.78 is 5.24. The van der Waals surface area contributed by atoms with Crippen molar-refractivity contribution in [3.63, 3.8) is 0 Å². The van der Waals surface area contributed by atoms with Crippen molar-refractivity contribution in [1.82, 2.24) is 10.2 Å². The van der Waals surface area contributed by atoms with Crippen LogP contribution in [0.3, 0.4) is 0 Å². The van der Waals surface area contributed by atoms with Crippen molar-refractivity contribution >= 4 is 0 Å². The van der Waals surface area contributed by atoms with E-state index in [1.54, 1.807) is 7.11 Å². The highest BCUT2D eigenvalue weighted by Crippen LogP contribution is 2.15. The predicted octanol–water partition coefficient (Wildman–Crippen LogP) is 2.27. The summed E-state index contributed by atoms with van der Waals surface area (Å²) in [6.07, 6.45) is 1.25. The van der Waals surface area contributed by atoms with E-state index in [2.05, 4.69) is 36.2 Å². The number of nitrogens with one attached hydrogen (secondary N) is 1. The molecule has 0 bridgehead atoms. The molecule has 1 fully saturated rings. The highest BCUT2D eigenvalue weighted by atomic mass is 16.5. The molecule has 0 amide bonds. The maximum Gasteiger partial charge on any atom is 0.119 e. The number of rotatable bonds is 5. The Balaban J connectivity index is 1.81. The van der Waals surface area contributed by atoms with Gasteiger partial charge in [-0.1, -0.05) is 12.1 Å². The molecule has 1 atom stereocenters. The molecule has 1 heterocycles. The van der Waals surface area contributed by atoms with E-state index in [4.69, 9.17) is 4.74 Å². The average Bonchev–Trinajstić information content (AvgIpc) is 2.85. The second-order valence-electron chi connectivity index (χ2n) is 5.31. The van der Waals surface area contributed by atoms with Crippen molar-refractivity contribution in [3.05, 3.63) is 29.8 Å². The number of nitrogens with zero attached hydrogens (tertiary/aromatic N) is 1. The zero-order valence-corrected chi connectivity index (χ0v) is 11.6. The lowest BCUT2D eigenvalue weighted by Crippen LogP contribution is -2.34. The van der Waals surface area contributed by atoms with Crippen LogP contribution in [-0.2, 0) is 6.54 Å². The van der Waals surface area contributed by atoms with Gasteiger partial charge in [0.05, 0.1) is 7.11 Å². The van der Waals surface area contributed by atoms with E-state index >= 15 is 0 Å². The van der Waals surface area contributed by atoms with Gasteiger partial charge in [0.25, 0.3) is 0 Å². The summed E-state index contributed by atoms with van der Waals surface area (Å²) in [5, 5.41) is 3.64. The summed E-state index contributed by atoms with van der Waals surface area (Å²) in [5.74, 6) is 0.935. The van der Waals surface area contributed by atoms with Gasteiger partial charge in [-0.25, -0.2) is 0 Å². The van der Waals surface area contributed by atoms with Crippen LogP contribution >= 0.6 is 0 Å². The van der Waals surface area contributed by atoms with Crippen molar-refractivity contribution in [2.24, 2.45) is 0 Å². The summed E-state index contributed by atoms with van der Waals surface area (Å²) >= 11 is 0. The van der Waals surface area contributed by atoms with Gasteiger partial charge in [-0.15, -0.1) is 0 Å². The molecule has 0 saturated carbocycles. The van der Waals surface area contributed by atoms with Gasteiger partial charge >= 0.3 is 0 Å². The lowest BCUT2D eigenvalue weighted by atomic mass is 10.2. The molecule has 0 aromatic heterocycles. The molecule has 0 radical (unpaired) electrons. The normalized spacial score (nSPS) is 20.6. The summed E-state index contributed by atoms with van der Waals surface area (Å²) in [4.78, 5) is 2.53. The van der Waals surface area contributed by atoms with Crippen LogP contribution in [0.2, 0.25) is 0 Å². The molecule has 100 valence electrons. The molecule has 1 aromatic carbocycles. The highest BCUT2D eigenvalue weighted by Gasteiger charge is 2.23. The average molecular weight is 248 g/mol. The third-order valence-electron chi connectivity index (χ3n) is 3.68. The molecule has 2 rings (SSSR count). The van der Waals surface area contributed by atoms with Crippen LogP contribution in [0.25, 0.3) is 0 Å². The molecule has 1 N–H and O–H groups in total. The first-order chi connectivity index (χ1) is 8.69. The van der Waals surface area contributed by atoms with Crippen LogP contribution in [-0.4, -0.2) is 37.2 Å². The minimum absolute atomic E-state index is 0.624. The second-order valence-corrected chi connectivity index (χ2v) is 5.31. The maximum absolute atomic E-state index is 5.24. The van der Waals surface area contributed by atoms with Crippen molar-refractivity contribution in [2.75, 3.05) is 20.2 Å². The van der Waals surface area contributed by atoms with E-state index in [0.29, 0.717) is 12.1 Å². The van der Waals surface area contributed by atoms with Gasteiger partial charge < -0.3 is 10.1 Å². The minimum atomic E-state index is 0.624. The number of hydrogen-bond donors (Lipinski definition) is 1. The number of likely N-dealkylation sites (tertiary alicyclic amines) is 1. The number of methoxy groups -OCH3 is 1. The topological polar surface area (TPSA) is 24.5 Å². The first-order valence-electron chi connectivity index (χ1n) is 6.79. The van der Waals surface area contributed by atoms with Gasteiger partial charge in [0.2, 0.25) is 0 Å². The van der Waals surface area contributed by atoms with E-state index in [9.17, 15) is 0 Å². The fourth-order valence-corrected chi connectivity index (χ4v) is 2.47. The Kier molecular flexibility index (Phi) is 4.61. The van der Waals surface area contributed by atoms with Crippen molar-refractivity contribution in [3.8, 4) is 5.75 Å². The van der Waals surface area contributed by atoms with Crippen molar-refractivity contribution < 1.29 is 4.74 Å². The van der Waals surface area contributed by atoms with Crippen LogP contribution in [0.15, 0.2) is 24.3 Å². The third-order valence-corrected chi connectivity index (χ3v) is 3.68. The lowest BCUT2D eigenvalue weighted by molar-refractivity contribution is 0.268. The molecular formula is C15H24N2O. The molecule has 3 nitrogen and oxygen atoms in total. The Labute approximate surface area is 110 Å². The Bertz CT molecular complexity index is 379. The molecule has 1 unspecified atom stereocenters. The molecular weight excluding hydrogens is 224 g/mol. The number of ether oxygens (including phenoxy) is 1. The molecule has 0 spiro atoms. The van der Waals surface area contributed by atoms with Crippen LogP contribution in [0, 0.1) is 0 Å². The van der Waals surface area contributed by atoms with Gasteiger partial charge in [-0.3, -0.25) is 4.90 Å². The quantitative estimate of drug-likeness (QED) is 0.865. The zero-order chi connectivity index (χ0) is 13.0. The van der Waals surface area contributed by atoms with E-state index < -0.39 is 0 Å². The molecule has 1 aromatic rings. The lowest BCUT2D eigenvalue weighted by Gasteiger charge is -2.20. The van der Waals surface area contributed by atoms with E-state index in [-0.39, 0.29) is 0 Å². The highest BCUT2D eigenvalue weighted by molar-refractivity contribution is 5.28. The van der Waals surface area contributed by atoms with Gasteiger partial charge in [-0.05, 0) is 44.5 Å². The zero-order valence-electron chi connectivity index (χ0n) is 11.6. The third kappa shape index (κ3) is 3.47. The summed E-state index contributed by atoms with van der Waals surface area (Å²) in [6.45, 7) is 7.85. The van der Waals surface area contributed by atoms with E-state index in [1.165, 1.54) is 25.1 Å². The second kappa shape index (κ2) is 6.21.